The van der Waals surface area contributed by atoms with E-state index in [0.29, 0.717) is 17.1 Å². The SMILES string of the molecule is C=CCN1C(=O)/C(=C/c2ccc(OCC#N)c(OC)c2)C(=O)NC1=S. The second kappa shape index (κ2) is 8.08. The summed E-state index contributed by atoms with van der Waals surface area (Å²) in [7, 11) is 1.45. The third kappa shape index (κ3) is 4.02. The molecule has 0 bridgehead atoms. The number of hydrogen-bond acceptors (Lipinski definition) is 6. The summed E-state index contributed by atoms with van der Waals surface area (Å²) in [4.78, 5) is 25.8. The molecule has 1 aliphatic heterocycles. The van der Waals surface area contributed by atoms with Crippen molar-refractivity contribution in [1.29, 1.82) is 5.26 Å². The zero-order chi connectivity index (χ0) is 18.4. The molecule has 7 nitrogen and oxygen atoms in total. The Kier molecular flexibility index (Phi) is 5.87. The summed E-state index contributed by atoms with van der Waals surface area (Å²) in [6.07, 6.45) is 2.95. The smallest absolute Gasteiger partial charge is 0.265 e. The molecule has 2 rings (SSSR count). The van der Waals surface area contributed by atoms with E-state index in [-0.39, 0.29) is 23.8 Å². The fourth-order valence-corrected chi connectivity index (χ4v) is 2.41. The van der Waals surface area contributed by atoms with Crippen LogP contribution < -0.4 is 14.8 Å². The Bertz CT molecular complexity index is 811. The monoisotopic (exact) mass is 357 g/mol. The van der Waals surface area contributed by atoms with Crippen LogP contribution in [0.15, 0.2) is 36.4 Å². The average molecular weight is 357 g/mol. The van der Waals surface area contributed by atoms with Crippen LogP contribution in [0.4, 0.5) is 0 Å². The van der Waals surface area contributed by atoms with Crippen molar-refractivity contribution in [3.05, 3.63) is 42.0 Å². The number of carbonyl (C=O) groups excluding carboxylic acids is 2. The summed E-state index contributed by atoms with van der Waals surface area (Å²) in [6, 6.07) is 6.71. The molecule has 0 radical (unpaired) electrons. The first kappa shape index (κ1) is 18.2. The zero-order valence-electron chi connectivity index (χ0n) is 13.4. The molecule has 1 N–H and O–H groups in total. The lowest BCUT2D eigenvalue weighted by Crippen LogP contribution is -2.53. The number of nitrogens with zero attached hydrogens (tertiary/aromatic N) is 2. The van der Waals surface area contributed by atoms with E-state index in [1.165, 1.54) is 24.2 Å². The minimum atomic E-state index is -0.570. The minimum Gasteiger partial charge on any atom is -0.493 e. The van der Waals surface area contributed by atoms with Crippen molar-refractivity contribution < 1.29 is 19.1 Å². The van der Waals surface area contributed by atoms with E-state index in [9.17, 15) is 9.59 Å². The highest BCUT2D eigenvalue weighted by atomic mass is 32.1. The Balaban J connectivity index is 2.36. The molecule has 0 saturated carbocycles. The number of hydrogen-bond donors (Lipinski definition) is 1. The summed E-state index contributed by atoms with van der Waals surface area (Å²) < 4.78 is 10.4. The number of ether oxygens (including phenoxy) is 2. The Labute approximate surface area is 150 Å². The van der Waals surface area contributed by atoms with Gasteiger partial charge in [-0.15, -0.1) is 6.58 Å². The zero-order valence-corrected chi connectivity index (χ0v) is 14.3. The van der Waals surface area contributed by atoms with Crippen LogP contribution >= 0.6 is 12.2 Å². The number of benzene rings is 1. The normalized spacial score (nSPS) is 15.6. The molecule has 1 aromatic rings. The largest absolute Gasteiger partial charge is 0.493 e. The van der Waals surface area contributed by atoms with Gasteiger partial charge in [-0.3, -0.25) is 19.8 Å². The summed E-state index contributed by atoms with van der Waals surface area (Å²) in [5.41, 5.74) is 0.509. The molecule has 1 aromatic carbocycles. The fourth-order valence-electron chi connectivity index (χ4n) is 2.16. The molecule has 1 fully saturated rings. The number of carbonyl (C=O) groups is 2. The van der Waals surface area contributed by atoms with Gasteiger partial charge < -0.3 is 9.47 Å². The van der Waals surface area contributed by atoms with Crippen LogP contribution in [-0.2, 0) is 9.59 Å². The van der Waals surface area contributed by atoms with Crippen LogP contribution in [0.25, 0.3) is 6.08 Å². The van der Waals surface area contributed by atoms with Gasteiger partial charge in [-0.2, -0.15) is 5.26 Å². The van der Waals surface area contributed by atoms with Gasteiger partial charge >= 0.3 is 0 Å². The summed E-state index contributed by atoms with van der Waals surface area (Å²) in [5.74, 6) is -0.302. The molecule has 25 heavy (non-hydrogen) atoms. The van der Waals surface area contributed by atoms with Gasteiger partial charge in [0, 0.05) is 6.54 Å². The first-order valence-corrected chi connectivity index (χ1v) is 7.60. The van der Waals surface area contributed by atoms with Crippen LogP contribution in [0.3, 0.4) is 0 Å². The maximum absolute atomic E-state index is 12.5. The van der Waals surface area contributed by atoms with E-state index in [4.69, 9.17) is 27.0 Å². The van der Waals surface area contributed by atoms with Gasteiger partial charge in [0.15, 0.2) is 23.2 Å². The Hall–Kier alpha value is -3.18. The molecular formula is C17H15N3O4S. The first-order chi connectivity index (χ1) is 12.0. The maximum atomic E-state index is 12.5. The van der Waals surface area contributed by atoms with Gasteiger partial charge in [0.05, 0.1) is 7.11 Å². The molecule has 0 aromatic heterocycles. The highest BCUT2D eigenvalue weighted by molar-refractivity contribution is 7.80. The number of rotatable bonds is 6. The van der Waals surface area contributed by atoms with Crippen molar-refractivity contribution in [3.63, 3.8) is 0 Å². The number of nitriles is 1. The van der Waals surface area contributed by atoms with Crippen LogP contribution in [-0.4, -0.2) is 42.1 Å². The van der Waals surface area contributed by atoms with Crippen LogP contribution in [0.2, 0.25) is 0 Å². The molecule has 2 amide bonds. The lowest BCUT2D eigenvalue weighted by Gasteiger charge is -2.27. The average Bonchev–Trinajstić information content (AvgIpc) is 2.60. The van der Waals surface area contributed by atoms with Crippen molar-refractivity contribution in [2.24, 2.45) is 0 Å². The third-order valence-electron chi connectivity index (χ3n) is 3.29. The van der Waals surface area contributed by atoms with Crippen molar-refractivity contribution in [3.8, 4) is 17.6 Å². The standard InChI is InChI=1S/C17H15N3O4S/c1-3-7-20-16(22)12(15(21)19-17(20)25)9-11-4-5-13(24-8-6-18)14(10-11)23-2/h3-5,9-10H,1,7-8H2,2H3,(H,19,21,25)/b12-9+. The first-order valence-electron chi connectivity index (χ1n) is 7.19. The van der Waals surface area contributed by atoms with Crippen molar-refractivity contribution in [2.45, 2.75) is 0 Å². The van der Waals surface area contributed by atoms with Crippen LogP contribution in [0.5, 0.6) is 11.5 Å². The van der Waals surface area contributed by atoms with Crippen molar-refractivity contribution >= 4 is 35.2 Å². The van der Waals surface area contributed by atoms with E-state index in [1.807, 2.05) is 6.07 Å². The summed E-state index contributed by atoms with van der Waals surface area (Å²) in [5, 5.41) is 11.1. The second-order valence-electron chi connectivity index (χ2n) is 4.88. The minimum absolute atomic E-state index is 0.0462. The topological polar surface area (TPSA) is 91.7 Å². The Morgan fingerprint density at radius 3 is 2.80 bits per heavy atom. The summed E-state index contributed by atoms with van der Waals surface area (Å²) in [6.45, 7) is 3.64. The molecule has 1 saturated heterocycles. The van der Waals surface area contributed by atoms with Crippen LogP contribution in [0.1, 0.15) is 5.56 Å². The van der Waals surface area contributed by atoms with Gasteiger partial charge in [0.25, 0.3) is 11.8 Å². The number of amides is 2. The summed E-state index contributed by atoms with van der Waals surface area (Å²) >= 11 is 5.00. The maximum Gasteiger partial charge on any atom is 0.265 e. The Morgan fingerprint density at radius 2 is 2.16 bits per heavy atom. The second-order valence-corrected chi connectivity index (χ2v) is 5.27. The molecule has 8 heteroatoms. The van der Waals surface area contributed by atoms with E-state index >= 15 is 0 Å². The highest BCUT2D eigenvalue weighted by Crippen LogP contribution is 2.29. The molecule has 1 heterocycles. The van der Waals surface area contributed by atoms with Crippen molar-refractivity contribution in [1.82, 2.24) is 10.2 Å². The molecule has 0 spiro atoms. The third-order valence-corrected chi connectivity index (χ3v) is 3.61. The van der Waals surface area contributed by atoms with Gasteiger partial charge in [0.2, 0.25) is 0 Å². The highest BCUT2D eigenvalue weighted by Gasteiger charge is 2.32. The van der Waals surface area contributed by atoms with E-state index in [2.05, 4.69) is 11.9 Å². The van der Waals surface area contributed by atoms with Gasteiger partial charge in [-0.05, 0) is 36.0 Å². The fraction of sp³-hybridized carbons (Fsp3) is 0.176. The lowest BCUT2D eigenvalue weighted by atomic mass is 10.1. The molecule has 128 valence electrons. The predicted octanol–water partition coefficient (Wildman–Crippen LogP) is 1.41. The van der Waals surface area contributed by atoms with Crippen LogP contribution in [0, 0.1) is 11.3 Å². The number of methoxy groups -OCH3 is 1. The molecule has 1 aliphatic rings. The van der Waals surface area contributed by atoms with E-state index < -0.39 is 11.8 Å². The number of nitrogens with one attached hydrogen (secondary N) is 1. The van der Waals surface area contributed by atoms with E-state index in [1.54, 1.807) is 18.2 Å². The lowest BCUT2D eigenvalue weighted by molar-refractivity contribution is -0.128. The van der Waals surface area contributed by atoms with Crippen molar-refractivity contribution in [2.75, 3.05) is 20.3 Å². The van der Waals surface area contributed by atoms with Gasteiger partial charge in [-0.1, -0.05) is 12.1 Å². The van der Waals surface area contributed by atoms with Gasteiger partial charge in [-0.25, -0.2) is 0 Å². The molecule has 0 unspecified atom stereocenters. The Morgan fingerprint density at radius 1 is 1.40 bits per heavy atom. The van der Waals surface area contributed by atoms with E-state index in [0.717, 1.165) is 0 Å². The number of thiocarbonyl (C=S) groups is 1. The molecule has 0 atom stereocenters. The quantitative estimate of drug-likeness (QED) is 0.358. The van der Waals surface area contributed by atoms with Gasteiger partial charge in [0.1, 0.15) is 11.6 Å². The molecular weight excluding hydrogens is 342 g/mol. The predicted molar refractivity (Wildman–Crippen MR) is 94.7 cm³/mol. The molecule has 0 aliphatic carbocycles.